The highest BCUT2D eigenvalue weighted by atomic mass is 16.4. The summed E-state index contributed by atoms with van der Waals surface area (Å²) in [6, 6.07) is 13.6. The van der Waals surface area contributed by atoms with Crippen LogP contribution in [0.5, 0.6) is 0 Å². The molecule has 0 atom stereocenters. The summed E-state index contributed by atoms with van der Waals surface area (Å²) in [7, 11) is 0. The van der Waals surface area contributed by atoms with Crippen molar-refractivity contribution in [3.63, 3.8) is 0 Å². The molecule has 3 rings (SSSR count). The van der Waals surface area contributed by atoms with E-state index in [-0.39, 0.29) is 0 Å². The summed E-state index contributed by atoms with van der Waals surface area (Å²) in [6.07, 6.45) is 0. The monoisotopic (exact) mass is 528 g/mol. The average Bonchev–Trinajstić information content (AvgIpc) is 2.84. The lowest BCUT2D eigenvalue weighted by atomic mass is 9.98. The first-order chi connectivity index (χ1) is 17.6. The number of benzene rings is 3. The first-order valence-electron chi connectivity index (χ1n) is 10.0. The molecule has 0 aliphatic heterocycles. The zero-order valence-electron chi connectivity index (χ0n) is 19.2. The van der Waals surface area contributed by atoms with Gasteiger partial charge in [0.15, 0.2) is 0 Å². The molecule has 0 unspecified atom stereocenters. The summed E-state index contributed by atoms with van der Waals surface area (Å²) in [5.74, 6) is -9.12. The first-order valence-corrected chi connectivity index (χ1v) is 10.0. The average molecular weight is 528 g/mol. The van der Waals surface area contributed by atoms with E-state index in [9.17, 15) is 39.0 Å². The van der Waals surface area contributed by atoms with Crippen molar-refractivity contribution in [3.8, 4) is 0 Å². The van der Waals surface area contributed by atoms with Gasteiger partial charge >= 0.3 is 23.9 Å². The third-order valence-electron chi connectivity index (χ3n) is 4.46. The third kappa shape index (κ3) is 8.88. The van der Waals surface area contributed by atoms with E-state index in [2.05, 4.69) is 11.5 Å². The Morgan fingerprint density at radius 2 is 0.737 bits per heavy atom. The van der Waals surface area contributed by atoms with E-state index in [1.54, 1.807) is 24.3 Å². The van der Waals surface area contributed by atoms with E-state index in [1.165, 1.54) is 24.3 Å². The van der Waals surface area contributed by atoms with Gasteiger partial charge in [-0.1, -0.05) is 0 Å². The fraction of sp³-hybridized carbons (Fsp3) is 0. The molecule has 0 aliphatic rings. The predicted molar refractivity (Wildman–Crippen MR) is 121 cm³/mol. The zero-order chi connectivity index (χ0) is 29.2. The summed E-state index contributed by atoms with van der Waals surface area (Å²) in [6.45, 7) is 0. The van der Waals surface area contributed by atoms with Crippen molar-refractivity contribution in [2.75, 3.05) is 0 Å². The normalized spacial score (nSPS) is 9.53. The van der Waals surface area contributed by atoms with Crippen LogP contribution in [0.1, 0.15) is 62.1 Å². The molecule has 0 spiro atoms. The Morgan fingerprint density at radius 1 is 0.474 bits per heavy atom. The van der Waals surface area contributed by atoms with Crippen molar-refractivity contribution in [1.29, 1.82) is 0 Å². The summed E-state index contributed by atoms with van der Waals surface area (Å²) in [4.78, 5) is 63.3. The SMILES string of the molecule is O=C([O-])c1cc(C(=O)[O-])c(C(=O)O)cc1C(=O)O.[NH3+]c1ccc(C(=O)O)cc1.[NH3+]c1ccc(C(=O)O)cc1. The van der Waals surface area contributed by atoms with Crippen molar-refractivity contribution >= 4 is 47.2 Å². The summed E-state index contributed by atoms with van der Waals surface area (Å²) in [5, 5.41) is 55.6. The number of carbonyl (C=O) groups is 6. The van der Waals surface area contributed by atoms with Gasteiger partial charge in [0.1, 0.15) is 11.4 Å². The molecular formula is C24H20N2O12. The minimum absolute atomic E-state index is 0.299. The number of hydrogen-bond donors (Lipinski definition) is 6. The van der Waals surface area contributed by atoms with E-state index in [0.717, 1.165) is 11.4 Å². The molecular weight excluding hydrogens is 508 g/mol. The van der Waals surface area contributed by atoms with Gasteiger partial charge in [-0.25, -0.2) is 19.2 Å². The molecule has 10 N–H and O–H groups in total. The lowest BCUT2D eigenvalue weighted by Gasteiger charge is -2.13. The number of quaternary nitrogens is 2. The van der Waals surface area contributed by atoms with Crippen LogP contribution in [0.4, 0.5) is 11.4 Å². The lowest BCUT2D eigenvalue weighted by molar-refractivity contribution is -0.256. The van der Waals surface area contributed by atoms with Crippen LogP contribution in [0.3, 0.4) is 0 Å². The van der Waals surface area contributed by atoms with Gasteiger partial charge in [0.2, 0.25) is 0 Å². The van der Waals surface area contributed by atoms with E-state index < -0.39 is 58.1 Å². The van der Waals surface area contributed by atoms with Crippen LogP contribution in [0, 0.1) is 0 Å². The molecule has 3 aromatic rings. The van der Waals surface area contributed by atoms with E-state index in [4.69, 9.17) is 20.4 Å². The standard InChI is InChI=1S/C10H6O8.2C7H7NO2/c11-7(12)3-1-4(8(13)14)6(10(17)18)2-5(3)9(15)16;2*8-6-3-1-5(2-4-6)7(9)10/h1-2H,(H,11,12)(H,13,14)(H,15,16)(H,17,18);2*1-4H,8H2,(H,9,10). The zero-order valence-corrected chi connectivity index (χ0v) is 19.2. The van der Waals surface area contributed by atoms with Crippen LogP contribution in [0.25, 0.3) is 0 Å². The van der Waals surface area contributed by atoms with Crippen molar-refractivity contribution < 1.29 is 70.9 Å². The highest BCUT2D eigenvalue weighted by Crippen LogP contribution is 2.17. The largest absolute Gasteiger partial charge is 0.545 e. The molecule has 0 aliphatic carbocycles. The second-order valence-corrected chi connectivity index (χ2v) is 7.13. The molecule has 0 saturated carbocycles. The molecule has 0 aromatic heterocycles. The number of carboxylic acids is 6. The summed E-state index contributed by atoms with van der Waals surface area (Å²) >= 11 is 0. The van der Waals surface area contributed by atoms with E-state index >= 15 is 0 Å². The lowest BCUT2D eigenvalue weighted by Crippen LogP contribution is -2.39. The Labute approximate surface area is 212 Å². The van der Waals surface area contributed by atoms with Crippen LogP contribution in [-0.4, -0.2) is 56.2 Å². The topological polar surface area (TPSA) is 285 Å². The smallest absolute Gasteiger partial charge is 0.336 e. The maximum Gasteiger partial charge on any atom is 0.336 e. The Kier molecular flexibility index (Phi) is 10.8. The fourth-order valence-corrected chi connectivity index (χ4v) is 2.59. The molecule has 38 heavy (non-hydrogen) atoms. The highest BCUT2D eigenvalue weighted by molar-refractivity contribution is 6.08. The van der Waals surface area contributed by atoms with E-state index in [1.807, 2.05) is 0 Å². The highest BCUT2D eigenvalue weighted by Gasteiger charge is 2.19. The molecule has 0 saturated heterocycles. The molecule has 0 heterocycles. The fourth-order valence-electron chi connectivity index (χ4n) is 2.59. The second kappa shape index (κ2) is 13.5. The molecule has 0 bridgehead atoms. The molecule has 198 valence electrons. The molecule has 0 radical (unpaired) electrons. The molecule has 14 nitrogen and oxygen atoms in total. The third-order valence-corrected chi connectivity index (χ3v) is 4.46. The Hall–Kier alpha value is -5.60. The summed E-state index contributed by atoms with van der Waals surface area (Å²) in [5.41, 5.74) is 5.87. The van der Waals surface area contributed by atoms with Crippen molar-refractivity contribution in [3.05, 3.63) is 94.0 Å². The van der Waals surface area contributed by atoms with Gasteiger partial charge in [0, 0.05) is 11.1 Å². The van der Waals surface area contributed by atoms with Crippen LogP contribution in [0.2, 0.25) is 0 Å². The van der Waals surface area contributed by atoms with Crippen LogP contribution >= 0.6 is 0 Å². The van der Waals surface area contributed by atoms with Crippen molar-refractivity contribution in [2.45, 2.75) is 0 Å². The first kappa shape index (κ1) is 30.4. The van der Waals surface area contributed by atoms with Crippen molar-refractivity contribution in [1.82, 2.24) is 0 Å². The van der Waals surface area contributed by atoms with Gasteiger partial charge in [0.25, 0.3) is 0 Å². The Balaban J connectivity index is 0.000000307. The predicted octanol–water partition coefficient (Wildman–Crippen LogP) is -1.67. The number of aromatic carboxylic acids is 6. The van der Waals surface area contributed by atoms with Gasteiger partial charge in [-0.3, -0.25) is 0 Å². The molecule has 3 aromatic carbocycles. The van der Waals surface area contributed by atoms with Gasteiger partial charge < -0.3 is 51.7 Å². The number of rotatable bonds is 6. The number of carboxylic acid groups (broad SMARTS) is 6. The quantitative estimate of drug-likeness (QED) is 0.209. The van der Waals surface area contributed by atoms with Gasteiger partial charge in [-0.15, -0.1) is 0 Å². The minimum Gasteiger partial charge on any atom is -0.545 e. The molecule has 0 fully saturated rings. The van der Waals surface area contributed by atoms with Crippen LogP contribution < -0.4 is 21.7 Å². The number of carbonyl (C=O) groups excluding carboxylic acids is 2. The number of hydrogen-bond acceptors (Lipinski definition) is 8. The van der Waals surface area contributed by atoms with Crippen LogP contribution in [-0.2, 0) is 0 Å². The van der Waals surface area contributed by atoms with Gasteiger partial charge in [-0.2, -0.15) is 0 Å². The van der Waals surface area contributed by atoms with E-state index in [0.29, 0.717) is 23.3 Å². The maximum absolute atomic E-state index is 10.7. The Morgan fingerprint density at radius 3 is 0.947 bits per heavy atom. The van der Waals surface area contributed by atoms with Crippen LogP contribution in [0.15, 0.2) is 60.7 Å². The van der Waals surface area contributed by atoms with Gasteiger partial charge in [-0.05, 0) is 60.7 Å². The molecule has 14 heteroatoms. The second-order valence-electron chi connectivity index (χ2n) is 7.13. The van der Waals surface area contributed by atoms with Crippen molar-refractivity contribution in [2.24, 2.45) is 0 Å². The molecule has 0 amide bonds. The minimum atomic E-state index is -1.94. The summed E-state index contributed by atoms with van der Waals surface area (Å²) < 4.78 is 0. The Bertz CT molecular complexity index is 1230. The van der Waals surface area contributed by atoms with Gasteiger partial charge in [0.05, 0.1) is 34.2 Å². The maximum atomic E-state index is 10.7.